The van der Waals surface area contributed by atoms with E-state index >= 15 is 0 Å². The molecule has 0 aromatic heterocycles. The molecule has 0 aliphatic heterocycles. The van der Waals surface area contributed by atoms with Crippen molar-refractivity contribution in [1.82, 2.24) is 16.0 Å². The number of methoxy groups -OCH3 is 1. The maximum absolute atomic E-state index is 13.6. The number of unbranched alkanes of at least 4 members (excludes halogenated alkanes) is 1. The molecule has 0 aliphatic rings. The van der Waals surface area contributed by atoms with Crippen LogP contribution in [0, 0.1) is 6.92 Å². The summed E-state index contributed by atoms with van der Waals surface area (Å²) >= 11 is 0. The summed E-state index contributed by atoms with van der Waals surface area (Å²) in [6.07, 6.45) is 1.65. The number of carbonyl (C=O) groups is 3. The summed E-state index contributed by atoms with van der Waals surface area (Å²) in [6, 6.07) is 34.9. The molecule has 0 aliphatic carbocycles. The number of carbonyl (C=O) groups excluding carboxylic acids is 3. The van der Waals surface area contributed by atoms with Crippen molar-refractivity contribution in [2.75, 3.05) is 151 Å². The molecule has 18 nitrogen and oxygen atoms in total. The maximum atomic E-state index is 13.6. The van der Waals surface area contributed by atoms with Crippen molar-refractivity contribution in [2.45, 2.75) is 30.8 Å². The van der Waals surface area contributed by atoms with E-state index in [1.165, 1.54) is 0 Å². The first-order chi connectivity index (χ1) is 35.8. The lowest BCUT2D eigenvalue weighted by Gasteiger charge is -2.37. The molecule has 1 atom stereocenters. The first-order valence-corrected chi connectivity index (χ1v) is 25.0. The van der Waals surface area contributed by atoms with E-state index in [2.05, 4.69) is 64.6 Å². The van der Waals surface area contributed by atoms with Gasteiger partial charge in [-0.3, -0.25) is 19.7 Å². The van der Waals surface area contributed by atoms with Gasteiger partial charge in [0.05, 0.1) is 118 Å². The molecule has 0 bridgehead atoms. The Hall–Kier alpha value is -5.35. The van der Waals surface area contributed by atoms with Crippen LogP contribution in [-0.2, 0) is 62.6 Å². The normalized spacial score (nSPS) is 11.8. The Kier molecular flexibility index (Phi) is 31.6. The zero-order chi connectivity index (χ0) is 51.9. The van der Waals surface area contributed by atoms with Crippen LogP contribution in [0.1, 0.15) is 41.5 Å². The van der Waals surface area contributed by atoms with Crippen LogP contribution in [0.2, 0.25) is 0 Å². The first-order valence-electron chi connectivity index (χ1n) is 25.0. The number of rotatable bonds is 43. The van der Waals surface area contributed by atoms with Gasteiger partial charge in [0, 0.05) is 18.8 Å². The highest BCUT2D eigenvalue weighted by Gasteiger charge is 2.36. The Morgan fingerprint density at radius 3 is 1.45 bits per heavy atom. The lowest BCUT2D eigenvalue weighted by atomic mass is 9.77. The summed E-state index contributed by atoms with van der Waals surface area (Å²) in [6.45, 7) is 11.7. The van der Waals surface area contributed by atoms with Crippen LogP contribution in [0.4, 0.5) is 5.69 Å². The minimum absolute atomic E-state index is 0.253. The second-order valence-electron chi connectivity index (χ2n) is 16.5. The van der Waals surface area contributed by atoms with E-state index < -0.39 is 30.0 Å². The van der Waals surface area contributed by atoms with Crippen molar-refractivity contribution in [3.8, 4) is 5.75 Å². The molecule has 6 N–H and O–H groups in total. The number of nitrogens with one attached hydrogen (secondary N) is 4. The predicted molar refractivity (Wildman–Crippen MR) is 279 cm³/mol. The summed E-state index contributed by atoms with van der Waals surface area (Å²) < 4.78 is 54.5. The number of amides is 3. The summed E-state index contributed by atoms with van der Waals surface area (Å²) in [5, 5.41) is 12.3. The third kappa shape index (κ3) is 25.0. The molecule has 18 heteroatoms. The van der Waals surface area contributed by atoms with Gasteiger partial charge >= 0.3 is 0 Å². The largest absolute Gasteiger partial charge is 0.497 e. The summed E-state index contributed by atoms with van der Waals surface area (Å²) in [5.74, 6) is -0.532. The Morgan fingerprint density at radius 2 is 0.973 bits per heavy atom. The molecule has 401 valence electrons. The van der Waals surface area contributed by atoms with Gasteiger partial charge in [-0.2, -0.15) is 0 Å². The third-order valence-electron chi connectivity index (χ3n) is 11.0. The van der Waals surface area contributed by atoms with Crippen molar-refractivity contribution in [3.05, 3.63) is 138 Å². The van der Waals surface area contributed by atoms with E-state index in [1.54, 1.807) is 31.4 Å². The van der Waals surface area contributed by atoms with Crippen LogP contribution in [0.25, 0.3) is 0 Å². The van der Waals surface area contributed by atoms with E-state index in [4.69, 9.17) is 53.1 Å². The molecule has 4 aromatic carbocycles. The second-order valence-corrected chi connectivity index (χ2v) is 16.5. The molecule has 0 fully saturated rings. The summed E-state index contributed by atoms with van der Waals surface area (Å²) in [4.78, 5) is 39.2. The van der Waals surface area contributed by atoms with Gasteiger partial charge in [0.1, 0.15) is 25.0 Å². The highest BCUT2D eigenvalue weighted by atomic mass is 16.6. The van der Waals surface area contributed by atoms with Gasteiger partial charge in [-0.05, 0) is 79.3 Å². The molecule has 3 amide bonds. The van der Waals surface area contributed by atoms with Crippen LogP contribution in [0.5, 0.6) is 5.75 Å². The fraction of sp³-hybridized carbons (Fsp3) is 0.491. The van der Waals surface area contributed by atoms with Crippen molar-refractivity contribution in [3.63, 3.8) is 0 Å². The number of benzene rings is 4. The van der Waals surface area contributed by atoms with Gasteiger partial charge in [0.15, 0.2) is 0 Å². The van der Waals surface area contributed by atoms with Gasteiger partial charge in [-0.25, -0.2) is 0 Å². The van der Waals surface area contributed by atoms with Gasteiger partial charge in [0.25, 0.3) is 0 Å². The average Bonchev–Trinajstić information content (AvgIpc) is 3.41. The Bertz CT molecular complexity index is 2000. The highest BCUT2D eigenvalue weighted by molar-refractivity contribution is 5.97. The fourth-order valence-electron chi connectivity index (χ4n) is 7.37. The van der Waals surface area contributed by atoms with Crippen LogP contribution < -0.4 is 31.7 Å². The molecule has 4 rings (SSSR count). The second kappa shape index (κ2) is 38.3. The third-order valence-corrected chi connectivity index (χ3v) is 11.0. The first kappa shape index (κ1) is 60.2. The monoisotopic (exact) mass is 1020 g/mol. The molecule has 4 aromatic rings. The van der Waals surface area contributed by atoms with Crippen LogP contribution in [0.3, 0.4) is 0 Å². The Labute approximate surface area is 431 Å². The summed E-state index contributed by atoms with van der Waals surface area (Å²) in [7, 11) is 1.65. The minimum Gasteiger partial charge on any atom is -0.497 e. The lowest BCUT2D eigenvalue weighted by Crippen LogP contribution is -2.46. The van der Waals surface area contributed by atoms with E-state index in [0.29, 0.717) is 137 Å². The molecule has 0 unspecified atom stereocenters. The van der Waals surface area contributed by atoms with Crippen molar-refractivity contribution >= 4 is 23.4 Å². The minimum atomic E-state index is -0.864. The Balaban J connectivity index is 1.07. The molecule has 0 saturated carbocycles. The zero-order valence-electron chi connectivity index (χ0n) is 42.5. The Morgan fingerprint density at radius 1 is 0.521 bits per heavy atom. The van der Waals surface area contributed by atoms with Gasteiger partial charge in [0.2, 0.25) is 17.7 Å². The number of anilines is 1. The number of nitrogens with two attached hydrogens (primary N) is 1. The SMILES string of the molecule is [CH2]c1ccc(NC(=O)[C@H](CCCCNC(c2ccccc2)(c2ccccc2)c2ccc(OC)cc2)NC(=O)COCC(=O)NCCOCCOCCOCCOCCOCCOCCOCCOCCN)cc1. The van der Waals surface area contributed by atoms with Gasteiger partial charge in [-0.15, -0.1) is 0 Å². The molecule has 73 heavy (non-hydrogen) atoms. The van der Waals surface area contributed by atoms with E-state index in [9.17, 15) is 14.4 Å². The van der Waals surface area contributed by atoms with Crippen LogP contribution >= 0.6 is 0 Å². The molecule has 1 radical (unpaired) electrons. The molecule has 0 saturated heterocycles. The van der Waals surface area contributed by atoms with Crippen molar-refractivity contribution < 1.29 is 61.8 Å². The fourth-order valence-corrected chi connectivity index (χ4v) is 7.37. The predicted octanol–water partition coefficient (Wildman–Crippen LogP) is 4.28. The average molecular weight is 1020 g/mol. The maximum Gasteiger partial charge on any atom is 0.246 e. The highest BCUT2D eigenvalue weighted by Crippen LogP contribution is 2.37. The standard InChI is InChI=1S/C55H78N5O13/c1-45-16-20-49(21-17-45)59-54(63)51(15-9-10-25-58-55(46-11-5-3-6-12-46,47-13-7-4-8-14-47)48-18-22-50(64-2)23-19-48)60-53(62)44-73-43-52(61)57-26-28-66-30-32-68-34-36-70-38-40-72-42-41-71-39-37-69-35-33-67-31-29-65-27-24-56/h3-8,11-14,16-23,51,58H,1,9-10,15,24-44,56H2,2H3,(H,57,61)(H,59,63)(H,60,62)/t51-/m0/s1. The lowest BCUT2D eigenvalue weighted by molar-refractivity contribution is -0.133. The van der Waals surface area contributed by atoms with Crippen LogP contribution in [-0.4, -0.2) is 169 Å². The van der Waals surface area contributed by atoms with Gasteiger partial charge in [-0.1, -0.05) is 84.9 Å². The van der Waals surface area contributed by atoms with E-state index in [1.807, 2.05) is 48.5 Å². The van der Waals surface area contributed by atoms with E-state index in [0.717, 1.165) is 28.0 Å². The van der Waals surface area contributed by atoms with Crippen molar-refractivity contribution in [1.29, 1.82) is 0 Å². The number of ether oxygens (including phenoxy) is 10. The quantitative estimate of drug-likeness (QED) is 0.0309. The van der Waals surface area contributed by atoms with Gasteiger partial charge < -0.3 is 69.1 Å². The summed E-state index contributed by atoms with van der Waals surface area (Å²) in [5.41, 5.74) is 9.24. The molecule has 0 spiro atoms. The molecular weight excluding hydrogens is 939 g/mol. The molecule has 0 heterocycles. The number of hydrogen-bond donors (Lipinski definition) is 5. The van der Waals surface area contributed by atoms with Crippen molar-refractivity contribution in [2.24, 2.45) is 5.73 Å². The topological polar surface area (TPSA) is 218 Å². The smallest absolute Gasteiger partial charge is 0.246 e. The molecular formula is C55H78N5O13. The number of hydrogen-bond acceptors (Lipinski definition) is 15. The van der Waals surface area contributed by atoms with E-state index in [-0.39, 0.29) is 25.7 Å². The zero-order valence-corrected chi connectivity index (χ0v) is 42.5. The van der Waals surface area contributed by atoms with Crippen LogP contribution in [0.15, 0.2) is 109 Å².